The molecule has 0 aliphatic heterocycles. The van der Waals surface area contributed by atoms with Gasteiger partial charge in [0.25, 0.3) is 5.91 Å². The number of benzene rings is 2. The first-order valence-electron chi connectivity index (χ1n) is 6.31. The summed E-state index contributed by atoms with van der Waals surface area (Å²) >= 11 is 0. The lowest BCUT2D eigenvalue weighted by atomic mass is 10.1. The molecule has 1 aromatic heterocycles. The molecule has 1 heterocycles. The third-order valence-electron chi connectivity index (χ3n) is 3.15. The van der Waals surface area contributed by atoms with E-state index >= 15 is 0 Å². The molecule has 1 amide bonds. The van der Waals surface area contributed by atoms with E-state index in [-0.39, 0.29) is 17.1 Å². The molecule has 0 spiro atoms. The van der Waals surface area contributed by atoms with Gasteiger partial charge in [-0.25, -0.2) is 0 Å². The normalized spacial score (nSPS) is 10.5. The van der Waals surface area contributed by atoms with Gasteiger partial charge in [-0.3, -0.25) is 9.78 Å². The van der Waals surface area contributed by atoms with E-state index in [1.807, 2.05) is 12.1 Å². The van der Waals surface area contributed by atoms with E-state index in [0.29, 0.717) is 5.69 Å². The molecule has 5 nitrogen and oxygen atoms in total. The first kappa shape index (κ1) is 12.9. The van der Waals surface area contributed by atoms with Gasteiger partial charge in [-0.15, -0.1) is 0 Å². The third-order valence-corrected chi connectivity index (χ3v) is 3.15. The summed E-state index contributed by atoms with van der Waals surface area (Å²) in [6.45, 7) is 0. The number of phenolic OH excluding ortho intramolecular Hbond substituents is 2. The zero-order valence-corrected chi connectivity index (χ0v) is 10.9. The van der Waals surface area contributed by atoms with Crippen molar-refractivity contribution in [2.24, 2.45) is 0 Å². The summed E-state index contributed by atoms with van der Waals surface area (Å²) in [5, 5.41) is 23.6. The van der Waals surface area contributed by atoms with Crippen LogP contribution in [0.3, 0.4) is 0 Å². The molecule has 0 unspecified atom stereocenters. The average Bonchev–Trinajstić information content (AvgIpc) is 2.50. The maximum Gasteiger partial charge on any atom is 0.259 e. The predicted molar refractivity (Wildman–Crippen MR) is 79.5 cm³/mol. The SMILES string of the molecule is O=C(Nc1cccc2cnccc12)c1cc(O)ccc1O. The van der Waals surface area contributed by atoms with Gasteiger partial charge in [0.2, 0.25) is 0 Å². The Hall–Kier alpha value is -3.08. The van der Waals surface area contributed by atoms with E-state index in [2.05, 4.69) is 10.3 Å². The minimum Gasteiger partial charge on any atom is -0.508 e. The summed E-state index contributed by atoms with van der Waals surface area (Å²) in [5.41, 5.74) is 0.628. The average molecular weight is 280 g/mol. The molecule has 0 atom stereocenters. The summed E-state index contributed by atoms with van der Waals surface area (Å²) in [7, 11) is 0. The lowest BCUT2D eigenvalue weighted by Crippen LogP contribution is -2.12. The topological polar surface area (TPSA) is 82.5 Å². The van der Waals surface area contributed by atoms with Crippen molar-refractivity contribution in [1.82, 2.24) is 4.98 Å². The zero-order valence-electron chi connectivity index (χ0n) is 10.9. The van der Waals surface area contributed by atoms with Crippen LogP contribution in [0.4, 0.5) is 5.69 Å². The number of carbonyl (C=O) groups is 1. The number of fused-ring (bicyclic) bond motifs is 1. The number of hydrogen-bond acceptors (Lipinski definition) is 4. The highest BCUT2D eigenvalue weighted by molar-refractivity contribution is 6.10. The van der Waals surface area contributed by atoms with Gasteiger partial charge in [0.1, 0.15) is 11.5 Å². The van der Waals surface area contributed by atoms with E-state index < -0.39 is 5.91 Å². The van der Waals surface area contributed by atoms with Crippen LogP contribution >= 0.6 is 0 Å². The number of aromatic hydroxyl groups is 2. The van der Waals surface area contributed by atoms with Gasteiger partial charge in [-0.1, -0.05) is 12.1 Å². The van der Waals surface area contributed by atoms with Crippen LogP contribution in [0, 0.1) is 0 Å². The fourth-order valence-electron chi connectivity index (χ4n) is 2.13. The van der Waals surface area contributed by atoms with Crippen molar-refractivity contribution >= 4 is 22.4 Å². The molecule has 0 aliphatic rings. The van der Waals surface area contributed by atoms with Crippen molar-refractivity contribution in [2.45, 2.75) is 0 Å². The highest BCUT2D eigenvalue weighted by Crippen LogP contribution is 2.26. The van der Waals surface area contributed by atoms with E-state index in [1.54, 1.807) is 24.5 Å². The van der Waals surface area contributed by atoms with Gasteiger partial charge in [0.05, 0.1) is 5.56 Å². The lowest BCUT2D eigenvalue weighted by molar-refractivity contribution is 0.102. The number of aromatic nitrogens is 1. The summed E-state index contributed by atoms with van der Waals surface area (Å²) < 4.78 is 0. The first-order valence-corrected chi connectivity index (χ1v) is 6.31. The Bertz CT molecular complexity index is 825. The lowest BCUT2D eigenvalue weighted by Gasteiger charge is -2.09. The number of pyridine rings is 1. The van der Waals surface area contributed by atoms with Crippen LogP contribution in [0.1, 0.15) is 10.4 Å². The molecule has 3 N–H and O–H groups in total. The molecule has 0 saturated heterocycles. The second kappa shape index (κ2) is 5.13. The Morgan fingerprint density at radius 1 is 1.10 bits per heavy atom. The van der Waals surface area contributed by atoms with E-state index in [1.165, 1.54) is 18.2 Å². The van der Waals surface area contributed by atoms with Crippen molar-refractivity contribution < 1.29 is 15.0 Å². The largest absolute Gasteiger partial charge is 0.508 e. The molecular weight excluding hydrogens is 268 g/mol. The Balaban J connectivity index is 1.99. The number of phenols is 2. The van der Waals surface area contributed by atoms with Crippen LogP contribution in [0.5, 0.6) is 11.5 Å². The Morgan fingerprint density at radius 3 is 2.81 bits per heavy atom. The second-order valence-electron chi connectivity index (χ2n) is 4.56. The Labute approximate surface area is 120 Å². The molecule has 3 rings (SSSR count). The molecule has 0 saturated carbocycles. The summed E-state index contributed by atoms with van der Waals surface area (Å²) in [4.78, 5) is 16.3. The van der Waals surface area contributed by atoms with Gasteiger partial charge < -0.3 is 15.5 Å². The van der Waals surface area contributed by atoms with E-state index in [9.17, 15) is 15.0 Å². The van der Waals surface area contributed by atoms with Crippen molar-refractivity contribution in [3.05, 3.63) is 60.4 Å². The van der Waals surface area contributed by atoms with Gasteiger partial charge in [-0.05, 0) is 30.3 Å². The summed E-state index contributed by atoms with van der Waals surface area (Å²) in [6, 6.07) is 11.1. The van der Waals surface area contributed by atoms with Crippen LogP contribution in [-0.2, 0) is 0 Å². The quantitative estimate of drug-likeness (QED) is 0.630. The maximum atomic E-state index is 12.2. The van der Waals surface area contributed by atoms with Crippen LogP contribution < -0.4 is 5.32 Å². The highest BCUT2D eigenvalue weighted by Gasteiger charge is 2.13. The molecule has 0 radical (unpaired) electrons. The van der Waals surface area contributed by atoms with Crippen molar-refractivity contribution in [2.75, 3.05) is 5.32 Å². The highest BCUT2D eigenvalue weighted by atomic mass is 16.3. The van der Waals surface area contributed by atoms with Crippen molar-refractivity contribution in [3.63, 3.8) is 0 Å². The van der Waals surface area contributed by atoms with Gasteiger partial charge >= 0.3 is 0 Å². The molecule has 21 heavy (non-hydrogen) atoms. The molecule has 0 bridgehead atoms. The molecular formula is C16H12N2O3. The first-order chi connectivity index (χ1) is 10.1. The fraction of sp³-hybridized carbons (Fsp3) is 0. The number of nitrogens with one attached hydrogen (secondary N) is 1. The predicted octanol–water partition coefficient (Wildman–Crippen LogP) is 2.90. The van der Waals surface area contributed by atoms with Crippen LogP contribution in [0.25, 0.3) is 10.8 Å². The molecule has 0 aliphatic carbocycles. The number of amides is 1. The minimum absolute atomic E-state index is 0.0149. The summed E-state index contributed by atoms with van der Waals surface area (Å²) in [6.07, 6.45) is 3.35. The summed E-state index contributed by atoms with van der Waals surface area (Å²) in [5.74, 6) is -0.764. The fourth-order valence-corrected chi connectivity index (χ4v) is 2.13. The smallest absolute Gasteiger partial charge is 0.259 e. The minimum atomic E-state index is -0.493. The van der Waals surface area contributed by atoms with Gasteiger partial charge in [0.15, 0.2) is 0 Å². The molecule has 2 aromatic carbocycles. The molecule has 104 valence electrons. The maximum absolute atomic E-state index is 12.2. The Morgan fingerprint density at radius 2 is 1.95 bits per heavy atom. The second-order valence-corrected chi connectivity index (χ2v) is 4.56. The molecule has 5 heteroatoms. The third kappa shape index (κ3) is 2.49. The number of anilines is 1. The van der Waals surface area contributed by atoms with Gasteiger partial charge in [-0.2, -0.15) is 0 Å². The number of hydrogen-bond donors (Lipinski definition) is 3. The monoisotopic (exact) mass is 280 g/mol. The molecule has 3 aromatic rings. The number of carbonyl (C=O) groups excluding carboxylic acids is 1. The van der Waals surface area contributed by atoms with Crippen molar-refractivity contribution in [1.29, 1.82) is 0 Å². The van der Waals surface area contributed by atoms with E-state index in [0.717, 1.165) is 10.8 Å². The van der Waals surface area contributed by atoms with Gasteiger partial charge in [0, 0.05) is 28.9 Å². The number of rotatable bonds is 2. The standard InChI is InChI=1S/C16H12N2O3/c19-11-4-5-15(20)13(8-11)16(21)18-14-3-1-2-10-9-17-7-6-12(10)14/h1-9,19-20H,(H,18,21). The van der Waals surface area contributed by atoms with Crippen molar-refractivity contribution in [3.8, 4) is 11.5 Å². The Kier molecular flexibility index (Phi) is 3.16. The van der Waals surface area contributed by atoms with E-state index in [4.69, 9.17) is 0 Å². The van der Waals surface area contributed by atoms with Crippen LogP contribution in [0.2, 0.25) is 0 Å². The number of nitrogens with zero attached hydrogens (tertiary/aromatic N) is 1. The zero-order chi connectivity index (χ0) is 14.8. The van der Waals surface area contributed by atoms with Crippen LogP contribution in [0.15, 0.2) is 54.9 Å². The molecule has 0 fully saturated rings. The van der Waals surface area contributed by atoms with Crippen LogP contribution in [-0.4, -0.2) is 21.1 Å².